The van der Waals surface area contributed by atoms with E-state index < -0.39 is 5.60 Å². The molecule has 1 N–H and O–H groups in total. The summed E-state index contributed by atoms with van der Waals surface area (Å²) in [7, 11) is 0. The topological polar surface area (TPSA) is 53.4 Å². The summed E-state index contributed by atoms with van der Waals surface area (Å²) in [6, 6.07) is 6.18. The number of hydrogen-bond acceptors (Lipinski definition) is 4. The smallest absolute Gasteiger partial charge is 0.265 e. The summed E-state index contributed by atoms with van der Waals surface area (Å²) < 4.78 is 13.1. The maximum Gasteiger partial charge on any atom is 0.265 e. The highest BCUT2D eigenvalue weighted by atomic mass is 32.1. The monoisotopic (exact) mass is 374 g/mol. The molecule has 2 heterocycles. The molecule has 0 unspecified atom stereocenters. The SMILES string of the molecule is Cc1nc(-c2ccc(F)cc2)sc1C(=O)N1CC[C@]2(O)CCCC[C@@H]2C1. The fraction of sp³-hybridized carbons (Fsp3) is 0.500. The first-order valence-electron chi connectivity index (χ1n) is 9.21. The van der Waals surface area contributed by atoms with E-state index in [0.717, 1.165) is 36.3 Å². The molecule has 138 valence electrons. The van der Waals surface area contributed by atoms with Gasteiger partial charge < -0.3 is 10.0 Å². The third-order valence-electron chi connectivity index (χ3n) is 5.80. The molecule has 2 aromatic rings. The Morgan fingerprint density at radius 1 is 1.31 bits per heavy atom. The van der Waals surface area contributed by atoms with Crippen LogP contribution < -0.4 is 0 Å². The van der Waals surface area contributed by atoms with Crippen LogP contribution in [-0.4, -0.2) is 39.6 Å². The van der Waals surface area contributed by atoms with Gasteiger partial charge in [0.15, 0.2) is 0 Å². The molecule has 2 fully saturated rings. The number of halogens is 1. The normalized spacial score (nSPS) is 25.8. The second kappa shape index (κ2) is 6.74. The second-order valence-electron chi connectivity index (χ2n) is 7.49. The zero-order valence-corrected chi connectivity index (χ0v) is 15.7. The lowest BCUT2D eigenvalue weighted by Crippen LogP contribution is -2.54. The first-order valence-corrected chi connectivity index (χ1v) is 10.0. The van der Waals surface area contributed by atoms with Crippen LogP contribution in [0.2, 0.25) is 0 Å². The number of amides is 1. The molecule has 26 heavy (non-hydrogen) atoms. The van der Waals surface area contributed by atoms with E-state index in [9.17, 15) is 14.3 Å². The average Bonchev–Trinajstić information content (AvgIpc) is 3.02. The quantitative estimate of drug-likeness (QED) is 0.864. The maximum atomic E-state index is 13.1. The van der Waals surface area contributed by atoms with E-state index in [1.54, 1.807) is 12.1 Å². The minimum atomic E-state index is -0.586. The van der Waals surface area contributed by atoms with Crippen molar-refractivity contribution in [1.29, 1.82) is 0 Å². The predicted molar refractivity (Wildman–Crippen MR) is 99.7 cm³/mol. The van der Waals surface area contributed by atoms with Gasteiger partial charge in [-0.1, -0.05) is 12.8 Å². The molecular formula is C20H23FN2O2S. The van der Waals surface area contributed by atoms with Crippen molar-refractivity contribution in [2.45, 2.75) is 44.6 Å². The van der Waals surface area contributed by atoms with Crippen molar-refractivity contribution in [2.24, 2.45) is 5.92 Å². The average molecular weight is 374 g/mol. The molecule has 1 aromatic carbocycles. The van der Waals surface area contributed by atoms with Crippen molar-refractivity contribution >= 4 is 17.2 Å². The van der Waals surface area contributed by atoms with Crippen LogP contribution in [0.15, 0.2) is 24.3 Å². The van der Waals surface area contributed by atoms with E-state index in [4.69, 9.17) is 0 Å². The molecule has 2 atom stereocenters. The lowest BCUT2D eigenvalue weighted by Gasteiger charge is -2.47. The number of carbonyl (C=O) groups excluding carboxylic acids is 1. The van der Waals surface area contributed by atoms with Crippen molar-refractivity contribution in [3.8, 4) is 10.6 Å². The number of rotatable bonds is 2. The van der Waals surface area contributed by atoms with E-state index in [0.29, 0.717) is 30.1 Å². The van der Waals surface area contributed by atoms with Gasteiger partial charge in [-0.05, 0) is 50.5 Å². The Balaban J connectivity index is 1.54. The third-order valence-corrected chi connectivity index (χ3v) is 6.99. The highest BCUT2D eigenvalue weighted by Crippen LogP contribution is 2.40. The number of benzene rings is 1. The zero-order chi connectivity index (χ0) is 18.3. The van der Waals surface area contributed by atoms with Gasteiger partial charge in [0.1, 0.15) is 15.7 Å². The lowest BCUT2D eigenvalue weighted by atomic mass is 9.71. The Hall–Kier alpha value is -1.79. The van der Waals surface area contributed by atoms with Crippen LogP contribution in [0.5, 0.6) is 0 Å². The number of fused-ring (bicyclic) bond motifs is 1. The molecule has 0 bridgehead atoms. The van der Waals surface area contributed by atoms with Crippen LogP contribution in [-0.2, 0) is 0 Å². The van der Waals surface area contributed by atoms with Crippen LogP contribution in [0.4, 0.5) is 4.39 Å². The van der Waals surface area contributed by atoms with Crippen molar-refractivity contribution in [2.75, 3.05) is 13.1 Å². The van der Waals surface area contributed by atoms with Crippen molar-refractivity contribution in [3.63, 3.8) is 0 Å². The molecule has 4 nitrogen and oxygen atoms in total. The van der Waals surface area contributed by atoms with Gasteiger partial charge in [-0.2, -0.15) is 0 Å². The third kappa shape index (κ3) is 3.16. The van der Waals surface area contributed by atoms with Gasteiger partial charge in [0.2, 0.25) is 0 Å². The van der Waals surface area contributed by atoms with Gasteiger partial charge in [0, 0.05) is 24.6 Å². The number of hydrogen-bond donors (Lipinski definition) is 1. The summed E-state index contributed by atoms with van der Waals surface area (Å²) >= 11 is 1.36. The van der Waals surface area contributed by atoms with Crippen LogP contribution in [0.25, 0.3) is 10.6 Å². The maximum absolute atomic E-state index is 13.1. The molecule has 0 radical (unpaired) electrons. The second-order valence-corrected chi connectivity index (χ2v) is 8.49. The number of likely N-dealkylation sites (tertiary alicyclic amines) is 1. The minimum Gasteiger partial charge on any atom is -0.389 e. The number of nitrogens with zero attached hydrogens (tertiary/aromatic N) is 2. The number of thiazole rings is 1. The Kier molecular flexibility index (Phi) is 4.57. The summed E-state index contributed by atoms with van der Waals surface area (Å²) in [6.45, 7) is 3.06. The first kappa shape index (κ1) is 17.6. The largest absolute Gasteiger partial charge is 0.389 e. The minimum absolute atomic E-state index is 0.000912. The molecule has 4 rings (SSSR count). The van der Waals surface area contributed by atoms with Gasteiger partial charge in [0.25, 0.3) is 5.91 Å². The Bertz CT molecular complexity index is 820. The highest BCUT2D eigenvalue weighted by molar-refractivity contribution is 7.17. The van der Waals surface area contributed by atoms with Crippen LogP contribution in [0, 0.1) is 18.7 Å². The highest BCUT2D eigenvalue weighted by Gasteiger charge is 2.44. The standard InChI is InChI=1S/C20H23FN2O2S/c1-13-17(26-18(22-13)14-5-7-16(21)8-6-14)19(24)23-11-10-20(25)9-3-2-4-15(20)12-23/h5-8,15,25H,2-4,9-12H2,1H3/t15-,20-/m1/s1. The molecule has 1 aromatic heterocycles. The van der Waals surface area contributed by atoms with Crippen molar-refractivity contribution in [3.05, 3.63) is 40.7 Å². The van der Waals surface area contributed by atoms with Gasteiger partial charge >= 0.3 is 0 Å². The Labute approximate surface area is 156 Å². The van der Waals surface area contributed by atoms with Crippen LogP contribution in [0.3, 0.4) is 0 Å². The fourth-order valence-corrected chi connectivity index (χ4v) is 5.25. The van der Waals surface area contributed by atoms with Crippen LogP contribution >= 0.6 is 11.3 Å². The number of aliphatic hydroxyl groups is 1. The fourth-order valence-electron chi connectivity index (χ4n) is 4.21. The molecule has 1 saturated heterocycles. The van der Waals surface area contributed by atoms with Gasteiger partial charge in [-0.15, -0.1) is 11.3 Å². The summed E-state index contributed by atoms with van der Waals surface area (Å²) in [4.78, 5) is 20.1. The molecule has 1 amide bonds. The molecule has 6 heteroatoms. The van der Waals surface area contributed by atoms with Gasteiger partial charge in [-0.25, -0.2) is 9.37 Å². The van der Waals surface area contributed by atoms with Crippen LogP contribution in [0.1, 0.15) is 47.5 Å². The summed E-state index contributed by atoms with van der Waals surface area (Å²) in [5.41, 5.74) is 0.944. The number of carbonyl (C=O) groups is 1. The summed E-state index contributed by atoms with van der Waals surface area (Å²) in [5, 5.41) is 11.5. The molecular weight excluding hydrogens is 351 g/mol. The van der Waals surface area contributed by atoms with E-state index in [2.05, 4.69) is 4.98 Å². The van der Waals surface area contributed by atoms with E-state index in [-0.39, 0.29) is 17.6 Å². The first-order chi connectivity index (χ1) is 12.5. The van der Waals surface area contributed by atoms with Crippen molar-refractivity contribution in [1.82, 2.24) is 9.88 Å². The van der Waals surface area contributed by atoms with Gasteiger partial charge in [0.05, 0.1) is 11.3 Å². The number of piperidine rings is 1. The van der Waals surface area contributed by atoms with Gasteiger partial charge in [-0.3, -0.25) is 4.79 Å². The number of aryl methyl sites for hydroxylation is 1. The molecule has 1 saturated carbocycles. The summed E-state index contributed by atoms with van der Waals surface area (Å²) in [6.07, 6.45) is 4.71. The number of aromatic nitrogens is 1. The molecule has 2 aliphatic rings. The van der Waals surface area contributed by atoms with E-state index in [1.165, 1.54) is 23.5 Å². The zero-order valence-electron chi connectivity index (χ0n) is 14.9. The summed E-state index contributed by atoms with van der Waals surface area (Å²) in [5.74, 6) is -0.105. The van der Waals surface area contributed by atoms with E-state index >= 15 is 0 Å². The predicted octanol–water partition coefficient (Wildman–Crippen LogP) is 4.02. The van der Waals surface area contributed by atoms with E-state index in [1.807, 2.05) is 11.8 Å². The Morgan fingerprint density at radius 2 is 2.08 bits per heavy atom. The van der Waals surface area contributed by atoms with Crippen molar-refractivity contribution < 1.29 is 14.3 Å². The lowest BCUT2D eigenvalue weighted by molar-refractivity contribution is -0.0885. The Morgan fingerprint density at radius 3 is 2.85 bits per heavy atom. The molecule has 1 aliphatic heterocycles. The molecule has 0 spiro atoms. The molecule has 1 aliphatic carbocycles.